The van der Waals surface area contributed by atoms with Crippen molar-refractivity contribution in [3.63, 3.8) is 0 Å². The maximum atomic E-state index is 2.58. The van der Waals surface area contributed by atoms with Gasteiger partial charge in [0.2, 0.25) is 0 Å². The number of aryl methyl sites for hydroxylation is 4. The minimum absolute atomic E-state index is 0.104. The molecule has 5 heterocycles. The van der Waals surface area contributed by atoms with E-state index in [2.05, 4.69) is 221 Å². The number of hydrogen-bond acceptors (Lipinski definition) is 6. The van der Waals surface area contributed by atoms with Crippen LogP contribution in [0.3, 0.4) is 0 Å². The summed E-state index contributed by atoms with van der Waals surface area (Å²) >= 11 is 10.4. The van der Waals surface area contributed by atoms with E-state index in [0.717, 1.165) is 12.8 Å². The van der Waals surface area contributed by atoms with Gasteiger partial charge in [-0.3, -0.25) is 0 Å². The topological polar surface area (TPSA) is 3.24 Å². The molecule has 0 radical (unpaired) electrons. The van der Waals surface area contributed by atoms with Gasteiger partial charge >= 0.3 is 0 Å². The standard InChI is InChI=1S/C76H85NS5/c1-9-13-17-21-29-51-49-78-72-59(32-22-18-14-10-2)66(80-70(51)72)43-44-67-60(33-23-19-15-11-3)73-74(81-67)61(34-24-20-16-12-4)71(82-73)69-45-50-37-38-54(48-68(50)79-69)77(52-39-41-57-55-30-25-27-35-62(55)75(5,6)64(57)46-52)53-40-42-58-56-31-26-28-36-63(56)76(7,8)65(58)47-53/h25-28,30-31,35-49H,9-24,29,32-34H2,1-8H3/b44-43+. The highest BCUT2D eigenvalue weighted by Crippen LogP contribution is 2.55. The third-order valence-corrected chi connectivity index (χ3v) is 25.0. The van der Waals surface area contributed by atoms with Crippen LogP contribution in [0.5, 0.6) is 0 Å². The number of benzene rings is 5. The van der Waals surface area contributed by atoms with Crippen molar-refractivity contribution in [1.82, 2.24) is 0 Å². The maximum Gasteiger partial charge on any atom is 0.0498 e. The van der Waals surface area contributed by atoms with Gasteiger partial charge in [-0.25, -0.2) is 0 Å². The van der Waals surface area contributed by atoms with Gasteiger partial charge in [0.1, 0.15) is 0 Å². The predicted molar refractivity (Wildman–Crippen MR) is 370 cm³/mol. The molecule has 0 amide bonds. The van der Waals surface area contributed by atoms with Crippen LogP contribution in [0.2, 0.25) is 0 Å². The zero-order valence-corrected chi connectivity index (χ0v) is 54.3. The minimum Gasteiger partial charge on any atom is -0.310 e. The zero-order valence-electron chi connectivity index (χ0n) is 50.3. The van der Waals surface area contributed by atoms with E-state index in [-0.39, 0.29) is 10.8 Å². The lowest BCUT2D eigenvalue weighted by molar-refractivity contribution is 0.660. The average Bonchev–Trinajstić information content (AvgIpc) is 4.55. The summed E-state index contributed by atoms with van der Waals surface area (Å²) in [6, 6.07) is 42.5. The number of hydrogen-bond donors (Lipinski definition) is 0. The van der Waals surface area contributed by atoms with Crippen molar-refractivity contribution >= 4 is 115 Å². The molecule has 0 saturated carbocycles. The average molecular weight is 1170 g/mol. The van der Waals surface area contributed by atoms with Crippen molar-refractivity contribution in [3.05, 3.63) is 169 Å². The molecule has 5 aromatic heterocycles. The number of anilines is 3. The van der Waals surface area contributed by atoms with Crippen LogP contribution >= 0.6 is 56.7 Å². The van der Waals surface area contributed by atoms with Gasteiger partial charge in [-0.05, 0) is 184 Å². The van der Waals surface area contributed by atoms with Crippen molar-refractivity contribution in [2.24, 2.45) is 0 Å². The lowest BCUT2D eigenvalue weighted by Gasteiger charge is -2.29. The third-order valence-electron chi connectivity index (χ3n) is 18.5. The summed E-state index contributed by atoms with van der Waals surface area (Å²) in [7, 11) is 0. The summed E-state index contributed by atoms with van der Waals surface area (Å²) in [6.45, 7) is 19.0. The van der Waals surface area contributed by atoms with Gasteiger partial charge < -0.3 is 4.90 Å². The molecule has 10 aromatic rings. The molecule has 0 spiro atoms. The first kappa shape index (κ1) is 57.4. The summed E-state index contributed by atoms with van der Waals surface area (Å²) in [5.74, 6) is 0. The largest absolute Gasteiger partial charge is 0.310 e. The van der Waals surface area contributed by atoms with Crippen LogP contribution in [0, 0.1) is 0 Å². The highest BCUT2D eigenvalue weighted by atomic mass is 32.1. The summed E-state index contributed by atoms with van der Waals surface area (Å²) in [5, 5.41) is 3.84. The number of thiophene rings is 5. The molecule has 0 bridgehead atoms. The van der Waals surface area contributed by atoms with Gasteiger partial charge in [0.15, 0.2) is 0 Å². The van der Waals surface area contributed by atoms with Crippen LogP contribution in [0.25, 0.3) is 73.0 Å². The molecular formula is C76H85NS5. The van der Waals surface area contributed by atoms with E-state index in [0.29, 0.717) is 0 Å². The van der Waals surface area contributed by atoms with Crippen molar-refractivity contribution < 1.29 is 0 Å². The Labute approximate surface area is 511 Å². The Morgan fingerprint density at radius 3 is 1.43 bits per heavy atom. The summed E-state index contributed by atoms with van der Waals surface area (Å²) in [4.78, 5) is 8.52. The first-order chi connectivity index (χ1) is 40.0. The van der Waals surface area contributed by atoms with Gasteiger partial charge in [-0.2, -0.15) is 0 Å². The van der Waals surface area contributed by atoms with Gasteiger partial charge in [-0.15, -0.1) is 56.7 Å². The van der Waals surface area contributed by atoms with E-state index >= 15 is 0 Å². The quantitative estimate of drug-likeness (QED) is 0.0489. The van der Waals surface area contributed by atoms with Crippen LogP contribution in [-0.4, -0.2) is 0 Å². The van der Waals surface area contributed by atoms with Crippen LogP contribution in [0.15, 0.2) is 115 Å². The van der Waals surface area contributed by atoms with E-state index in [1.807, 2.05) is 22.7 Å². The fourth-order valence-corrected chi connectivity index (χ4v) is 20.7. The Morgan fingerprint density at radius 2 is 0.866 bits per heavy atom. The molecule has 424 valence electrons. The fourth-order valence-electron chi connectivity index (χ4n) is 13.8. The molecule has 0 N–H and O–H groups in total. The molecule has 2 aliphatic rings. The second-order valence-electron chi connectivity index (χ2n) is 24.9. The first-order valence-corrected chi connectivity index (χ1v) is 35.8. The molecule has 0 saturated heterocycles. The minimum atomic E-state index is -0.104. The predicted octanol–water partition coefficient (Wildman–Crippen LogP) is 25.9. The summed E-state index contributed by atoms with van der Waals surface area (Å²) in [5.41, 5.74) is 20.9. The molecule has 82 heavy (non-hydrogen) atoms. The molecule has 1 nitrogen and oxygen atoms in total. The second-order valence-corrected chi connectivity index (χ2v) is 30.0. The molecule has 12 rings (SSSR count). The summed E-state index contributed by atoms with van der Waals surface area (Å²) < 4.78 is 7.64. The molecule has 2 aliphatic carbocycles. The van der Waals surface area contributed by atoms with E-state index in [9.17, 15) is 0 Å². The van der Waals surface area contributed by atoms with Gasteiger partial charge in [0, 0.05) is 70.9 Å². The number of nitrogens with zero attached hydrogens (tertiary/aromatic N) is 1. The van der Waals surface area contributed by atoms with Crippen LogP contribution in [-0.2, 0) is 36.5 Å². The van der Waals surface area contributed by atoms with Crippen LogP contribution < -0.4 is 4.90 Å². The van der Waals surface area contributed by atoms with Crippen LogP contribution in [0.4, 0.5) is 17.1 Å². The number of rotatable bonds is 26. The second kappa shape index (κ2) is 24.9. The van der Waals surface area contributed by atoms with E-state index in [1.54, 1.807) is 41.1 Å². The van der Waals surface area contributed by atoms with E-state index in [1.165, 1.54) is 207 Å². The van der Waals surface area contributed by atoms with Crippen molar-refractivity contribution in [2.45, 2.75) is 195 Å². The lowest BCUT2D eigenvalue weighted by Crippen LogP contribution is -2.18. The number of unbranched alkanes of at least 4 members (excludes halogenated alkanes) is 12. The Kier molecular flexibility index (Phi) is 17.4. The van der Waals surface area contributed by atoms with Gasteiger partial charge in [0.25, 0.3) is 0 Å². The Morgan fingerprint density at radius 1 is 0.402 bits per heavy atom. The molecule has 0 fully saturated rings. The van der Waals surface area contributed by atoms with E-state index < -0.39 is 0 Å². The van der Waals surface area contributed by atoms with Crippen LogP contribution in [0.1, 0.15) is 212 Å². The molecule has 0 atom stereocenters. The zero-order chi connectivity index (χ0) is 56.5. The molecule has 5 aromatic carbocycles. The Hall–Kier alpha value is -5.08. The summed E-state index contributed by atoms with van der Waals surface area (Å²) in [6.07, 6.45) is 30.6. The monoisotopic (exact) mass is 1170 g/mol. The molecule has 0 unspecified atom stereocenters. The van der Waals surface area contributed by atoms with E-state index in [4.69, 9.17) is 0 Å². The molecular weight excluding hydrogens is 1090 g/mol. The first-order valence-electron chi connectivity index (χ1n) is 31.6. The molecule has 6 heteroatoms. The SMILES string of the molecule is CCCCCCc1csc2c(CCCCCC)c(/C=C/c3sc4c(CCCCCC)c(-c5cc6ccc(N(c7ccc8c(c7)C(C)(C)c7ccccc7-8)c7ccc8c(c7)C(C)(C)c7ccccc7-8)cc6s5)sc4c3CCCCCC)sc12. The lowest BCUT2D eigenvalue weighted by atomic mass is 9.82. The third kappa shape index (κ3) is 10.9. The normalized spacial score (nSPS) is 14.0. The van der Waals surface area contributed by atoms with Crippen molar-refractivity contribution in [2.75, 3.05) is 4.90 Å². The van der Waals surface area contributed by atoms with Gasteiger partial charge in [-0.1, -0.05) is 199 Å². The Bertz CT molecular complexity index is 3800. The van der Waals surface area contributed by atoms with Crippen molar-refractivity contribution in [1.29, 1.82) is 0 Å². The smallest absolute Gasteiger partial charge is 0.0498 e. The maximum absolute atomic E-state index is 2.58. The van der Waals surface area contributed by atoms with Crippen molar-refractivity contribution in [3.8, 4) is 32.0 Å². The van der Waals surface area contributed by atoms with Gasteiger partial charge in [0.05, 0.1) is 0 Å². The fraction of sp³-hybridized carbons (Fsp3) is 0.395. The number of fused-ring (bicyclic) bond motifs is 9. The Balaban J connectivity index is 0.944. The molecule has 0 aliphatic heterocycles. The highest BCUT2D eigenvalue weighted by molar-refractivity contribution is 7.33. The highest BCUT2D eigenvalue weighted by Gasteiger charge is 2.38.